The van der Waals surface area contributed by atoms with Gasteiger partial charge in [-0.05, 0) is 19.1 Å². The van der Waals surface area contributed by atoms with Gasteiger partial charge in [-0.15, -0.1) is 0 Å². The zero-order valence-corrected chi connectivity index (χ0v) is 7.56. The predicted octanol–water partition coefficient (Wildman–Crippen LogP) is 2.49. The van der Waals surface area contributed by atoms with Crippen molar-refractivity contribution in [1.29, 1.82) is 0 Å². The molecule has 0 unspecified atom stereocenters. The van der Waals surface area contributed by atoms with Crippen LogP contribution in [-0.2, 0) is 0 Å². The lowest BCUT2D eigenvalue weighted by Gasteiger charge is -2.01. The zero-order valence-electron chi connectivity index (χ0n) is 6.80. The summed E-state index contributed by atoms with van der Waals surface area (Å²) in [6, 6.07) is 2.11. The molecule has 0 aliphatic rings. The molecule has 0 aliphatic carbocycles. The average Bonchev–Trinajstić information content (AvgIpc) is 2.07. The fraction of sp³-hybridized carbons (Fsp3) is 0.111. The minimum absolute atomic E-state index is 0.0877. The SMILES string of the molecule is CC(=O)c1cc(F)c(C=O)cc1Cl. The van der Waals surface area contributed by atoms with E-state index < -0.39 is 5.82 Å². The van der Waals surface area contributed by atoms with Crippen molar-refractivity contribution >= 4 is 23.7 Å². The largest absolute Gasteiger partial charge is 0.298 e. The third-order valence-electron chi connectivity index (χ3n) is 1.59. The second-order valence-corrected chi connectivity index (χ2v) is 2.93. The minimum atomic E-state index is -0.732. The number of benzene rings is 1. The Balaban J connectivity index is 3.36. The van der Waals surface area contributed by atoms with Gasteiger partial charge in [0.1, 0.15) is 5.82 Å². The van der Waals surface area contributed by atoms with Crippen LogP contribution in [0.2, 0.25) is 5.02 Å². The molecule has 0 atom stereocenters. The monoisotopic (exact) mass is 200 g/mol. The summed E-state index contributed by atoms with van der Waals surface area (Å²) in [7, 11) is 0. The van der Waals surface area contributed by atoms with Crippen molar-refractivity contribution in [3.8, 4) is 0 Å². The molecule has 0 saturated carbocycles. The Kier molecular flexibility index (Phi) is 2.78. The van der Waals surface area contributed by atoms with Crippen molar-refractivity contribution in [3.63, 3.8) is 0 Å². The van der Waals surface area contributed by atoms with E-state index in [9.17, 15) is 14.0 Å². The fourth-order valence-electron chi connectivity index (χ4n) is 0.922. The quantitative estimate of drug-likeness (QED) is 0.543. The second-order valence-electron chi connectivity index (χ2n) is 2.53. The van der Waals surface area contributed by atoms with Gasteiger partial charge in [-0.3, -0.25) is 9.59 Å². The van der Waals surface area contributed by atoms with Gasteiger partial charge >= 0.3 is 0 Å². The van der Waals surface area contributed by atoms with E-state index in [2.05, 4.69) is 0 Å². The number of carbonyl (C=O) groups is 2. The normalized spacial score (nSPS) is 9.77. The highest BCUT2D eigenvalue weighted by atomic mass is 35.5. The smallest absolute Gasteiger partial charge is 0.161 e. The molecule has 2 nitrogen and oxygen atoms in total. The van der Waals surface area contributed by atoms with Gasteiger partial charge in [0.25, 0.3) is 0 Å². The first-order valence-corrected chi connectivity index (χ1v) is 3.89. The van der Waals surface area contributed by atoms with Crippen molar-refractivity contribution in [2.24, 2.45) is 0 Å². The molecule has 1 aromatic rings. The summed E-state index contributed by atoms with van der Waals surface area (Å²) in [5.74, 6) is -1.06. The lowest BCUT2D eigenvalue weighted by atomic mass is 10.1. The second kappa shape index (κ2) is 3.66. The summed E-state index contributed by atoms with van der Waals surface area (Å²) in [6.07, 6.45) is 0.352. The molecular weight excluding hydrogens is 195 g/mol. The maximum absolute atomic E-state index is 12.9. The number of carbonyl (C=O) groups excluding carboxylic acids is 2. The molecule has 0 fully saturated rings. The van der Waals surface area contributed by atoms with Gasteiger partial charge in [0.05, 0.1) is 10.6 Å². The van der Waals surface area contributed by atoms with E-state index in [4.69, 9.17) is 11.6 Å². The maximum Gasteiger partial charge on any atom is 0.161 e. The number of hydrogen-bond donors (Lipinski definition) is 0. The number of aldehydes is 1. The van der Waals surface area contributed by atoms with Crippen LogP contribution >= 0.6 is 11.6 Å². The van der Waals surface area contributed by atoms with Crippen LogP contribution in [0, 0.1) is 5.82 Å². The summed E-state index contributed by atoms with van der Waals surface area (Å²) in [5, 5.41) is 0.0935. The molecule has 4 heteroatoms. The molecule has 0 amide bonds. The van der Waals surface area contributed by atoms with Crippen LogP contribution in [0.25, 0.3) is 0 Å². The van der Waals surface area contributed by atoms with Gasteiger partial charge in [-0.2, -0.15) is 0 Å². The lowest BCUT2D eigenvalue weighted by molar-refractivity contribution is 0.101. The Morgan fingerprint density at radius 2 is 2.15 bits per heavy atom. The number of hydrogen-bond acceptors (Lipinski definition) is 2. The van der Waals surface area contributed by atoms with Crippen molar-refractivity contribution < 1.29 is 14.0 Å². The summed E-state index contributed by atoms with van der Waals surface area (Å²) >= 11 is 5.63. The van der Waals surface area contributed by atoms with Crippen molar-refractivity contribution in [2.75, 3.05) is 0 Å². The summed E-state index contributed by atoms with van der Waals surface area (Å²) in [4.78, 5) is 21.2. The summed E-state index contributed by atoms with van der Waals surface area (Å²) in [5.41, 5.74) is -0.0558. The van der Waals surface area contributed by atoms with Crippen molar-refractivity contribution in [1.82, 2.24) is 0 Å². The molecule has 0 radical (unpaired) electrons. The van der Waals surface area contributed by atoms with Gasteiger partial charge in [0.2, 0.25) is 0 Å². The molecule has 0 bridgehead atoms. The predicted molar refractivity (Wildman–Crippen MR) is 46.8 cm³/mol. The molecular formula is C9H6ClFO2. The van der Waals surface area contributed by atoms with Crippen molar-refractivity contribution in [2.45, 2.75) is 6.92 Å². The first-order valence-electron chi connectivity index (χ1n) is 3.51. The summed E-state index contributed by atoms with van der Waals surface area (Å²) in [6.45, 7) is 1.28. The molecule has 0 N–H and O–H groups in total. The van der Waals surface area contributed by atoms with Crippen LogP contribution in [-0.4, -0.2) is 12.1 Å². The van der Waals surface area contributed by atoms with E-state index in [1.54, 1.807) is 0 Å². The Morgan fingerprint density at radius 1 is 1.54 bits per heavy atom. The Hall–Kier alpha value is -1.22. The molecule has 0 heterocycles. The van der Waals surface area contributed by atoms with Crippen LogP contribution in [0.4, 0.5) is 4.39 Å². The number of rotatable bonds is 2. The Morgan fingerprint density at radius 3 is 2.62 bits per heavy atom. The van der Waals surface area contributed by atoms with Gasteiger partial charge in [-0.25, -0.2) is 4.39 Å². The number of ketones is 1. The van der Waals surface area contributed by atoms with Crippen LogP contribution < -0.4 is 0 Å². The summed E-state index contributed by atoms with van der Waals surface area (Å²) < 4.78 is 12.9. The molecule has 0 saturated heterocycles. The molecule has 0 aromatic heterocycles. The highest BCUT2D eigenvalue weighted by Gasteiger charge is 2.10. The van der Waals surface area contributed by atoms with Gasteiger partial charge in [-0.1, -0.05) is 11.6 Å². The third-order valence-corrected chi connectivity index (χ3v) is 1.91. The van der Waals surface area contributed by atoms with Gasteiger partial charge < -0.3 is 0 Å². The Bertz CT molecular complexity index is 374. The van der Waals surface area contributed by atoms with Gasteiger partial charge in [0.15, 0.2) is 12.1 Å². The highest BCUT2D eigenvalue weighted by Crippen LogP contribution is 2.20. The first kappa shape index (κ1) is 9.86. The standard InChI is InChI=1S/C9H6ClFO2/c1-5(13)7-3-9(11)6(4-12)2-8(7)10/h2-4H,1H3. The minimum Gasteiger partial charge on any atom is -0.298 e. The molecule has 0 spiro atoms. The fourth-order valence-corrected chi connectivity index (χ4v) is 1.23. The molecule has 13 heavy (non-hydrogen) atoms. The number of halogens is 2. The highest BCUT2D eigenvalue weighted by molar-refractivity contribution is 6.34. The van der Waals surface area contributed by atoms with E-state index in [1.807, 2.05) is 0 Å². The van der Waals surface area contributed by atoms with E-state index >= 15 is 0 Å². The number of Topliss-reactive ketones (excluding diaryl/α,β-unsaturated/α-hetero) is 1. The molecule has 68 valence electrons. The topological polar surface area (TPSA) is 34.1 Å². The van der Waals surface area contributed by atoms with Crippen LogP contribution in [0.15, 0.2) is 12.1 Å². The van der Waals surface area contributed by atoms with E-state index in [-0.39, 0.29) is 21.9 Å². The molecule has 0 aliphatic heterocycles. The average molecular weight is 201 g/mol. The van der Waals surface area contributed by atoms with Crippen LogP contribution in [0.5, 0.6) is 0 Å². The van der Waals surface area contributed by atoms with Crippen LogP contribution in [0.1, 0.15) is 27.6 Å². The van der Waals surface area contributed by atoms with E-state index in [1.165, 1.54) is 6.92 Å². The third kappa shape index (κ3) is 1.92. The molecule has 1 rings (SSSR count). The first-order chi connectivity index (χ1) is 6.06. The van der Waals surface area contributed by atoms with Crippen molar-refractivity contribution in [3.05, 3.63) is 34.1 Å². The molecule has 1 aromatic carbocycles. The van der Waals surface area contributed by atoms with E-state index in [0.29, 0.717) is 6.29 Å². The van der Waals surface area contributed by atoms with Crippen LogP contribution in [0.3, 0.4) is 0 Å². The Labute approximate surface area is 79.3 Å². The van der Waals surface area contributed by atoms with E-state index in [0.717, 1.165) is 12.1 Å². The lowest BCUT2D eigenvalue weighted by Crippen LogP contribution is -1.97. The van der Waals surface area contributed by atoms with Gasteiger partial charge in [0, 0.05) is 5.56 Å². The zero-order chi connectivity index (χ0) is 10.0. The maximum atomic E-state index is 12.9.